The molecule has 0 spiro atoms. The lowest BCUT2D eigenvalue weighted by Crippen LogP contribution is -2.15. The molecule has 0 bridgehead atoms. The zero-order valence-electron chi connectivity index (χ0n) is 16.1. The van der Waals surface area contributed by atoms with Crippen molar-refractivity contribution in [3.63, 3.8) is 0 Å². The summed E-state index contributed by atoms with van der Waals surface area (Å²) in [7, 11) is 1.25. The number of rotatable bonds is 3. The number of benzene rings is 2. The molecule has 25 heavy (non-hydrogen) atoms. The van der Waals surface area contributed by atoms with Gasteiger partial charge in [0.15, 0.2) is 7.29 Å². The third-order valence-corrected chi connectivity index (χ3v) is 8.85. The Kier molecular flexibility index (Phi) is 4.79. The molecule has 1 heterocycles. The van der Waals surface area contributed by atoms with E-state index in [0.717, 1.165) is 11.1 Å². The minimum absolute atomic E-state index is 0.0491. The first-order chi connectivity index (χ1) is 11.7. The Bertz CT molecular complexity index is 776. The van der Waals surface area contributed by atoms with Crippen LogP contribution in [0.4, 0.5) is 0 Å². The molecule has 2 aromatic rings. The van der Waals surface area contributed by atoms with Gasteiger partial charge >= 0.3 is 0 Å². The molecular weight excluding hydrogens is 325 g/mol. The maximum absolute atomic E-state index is 14.3. The molecule has 0 fully saturated rings. The van der Waals surface area contributed by atoms with Gasteiger partial charge in [0.25, 0.3) is 0 Å². The molecule has 0 saturated heterocycles. The Labute approximate surface area is 152 Å². The largest absolute Gasteiger partial charge is 0.305 e. The highest BCUT2D eigenvalue weighted by molar-refractivity contribution is 7.63. The van der Waals surface area contributed by atoms with Gasteiger partial charge in [0, 0.05) is 0 Å². The number of nitrogens with zero attached hydrogens (tertiary/aromatic N) is 1. The molecule has 1 aliphatic heterocycles. The fourth-order valence-electron chi connectivity index (χ4n) is 4.14. The van der Waals surface area contributed by atoms with Gasteiger partial charge in [-0.1, -0.05) is 70.8 Å². The molecule has 2 aromatic carbocycles. The number of hydrogen-bond donors (Lipinski definition) is 0. The molecule has 3 heteroatoms. The van der Waals surface area contributed by atoms with Crippen LogP contribution in [0.5, 0.6) is 0 Å². The van der Waals surface area contributed by atoms with Gasteiger partial charge in [-0.3, -0.25) is 4.67 Å². The highest BCUT2D eigenvalue weighted by Crippen LogP contribution is 2.74. The SMILES string of the molecule is Cc1cc(C)cc([C@H]2C=C[C@@H](c3cc(C)cc(C)c3)[P@@]2(=O)N(C)C)c1. The second-order valence-electron chi connectivity index (χ2n) is 7.64. The summed E-state index contributed by atoms with van der Waals surface area (Å²) in [6, 6.07) is 13.1. The van der Waals surface area contributed by atoms with Crippen LogP contribution < -0.4 is 0 Å². The van der Waals surface area contributed by atoms with E-state index in [1.54, 1.807) is 0 Å². The second kappa shape index (κ2) is 6.59. The van der Waals surface area contributed by atoms with Crippen LogP contribution in [0.15, 0.2) is 48.6 Å². The first-order valence-corrected chi connectivity index (χ1v) is 10.6. The van der Waals surface area contributed by atoms with Crippen molar-refractivity contribution in [2.45, 2.75) is 39.0 Å². The van der Waals surface area contributed by atoms with E-state index in [1.165, 1.54) is 22.3 Å². The smallest absolute Gasteiger partial charge is 0.171 e. The molecule has 0 aromatic heterocycles. The first-order valence-electron chi connectivity index (χ1n) is 8.83. The minimum Gasteiger partial charge on any atom is -0.305 e. The molecule has 0 aliphatic carbocycles. The zero-order chi connectivity index (χ0) is 18.4. The molecule has 3 rings (SSSR count). The molecule has 132 valence electrons. The van der Waals surface area contributed by atoms with Gasteiger partial charge in [0.05, 0.1) is 11.3 Å². The van der Waals surface area contributed by atoms with Gasteiger partial charge in [-0.25, -0.2) is 0 Å². The third-order valence-electron chi connectivity index (χ3n) is 5.07. The van der Waals surface area contributed by atoms with E-state index in [-0.39, 0.29) is 11.3 Å². The zero-order valence-corrected chi connectivity index (χ0v) is 17.0. The van der Waals surface area contributed by atoms with Crippen LogP contribution in [0.2, 0.25) is 0 Å². The molecule has 0 saturated carbocycles. The van der Waals surface area contributed by atoms with Gasteiger partial charge in [0.1, 0.15) is 0 Å². The number of hydrogen-bond acceptors (Lipinski definition) is 1. The van der Waals surface area contributed by atoms with Crippen LogP contribution in [0.3, 0.4) is 0 Å². The van der Waals surface area contributed by atoms with Gasteiger partial charge in [0.2, 0.25) is 0 Å². The third kappa shape index (κ3) is 3.26. The molecule has 0 radical (unpaired) electrons. The molecule has 2 nitrogen and oxygen atoms in total. The lowest BCUT2D eigenvalue weighted by atomic mass is 10.0. The van der Waals surface area contributed by atoms with Crippen molar-refractivity contribution in [2.24, 2.45) is 0 Å². The van der Waals surface area contributed by atoms with Crippen molar-refractivity contribution >= 4 is 7.29 Å². The molecular formula is C22H28NOP. The Morgan fingerprint density at radius 3 is 1.28 bits per heavy atom. The number of allylic oxidation sites excluding steroid dienone is 2. The Morgan fingerprint density at radius 2 is 1.00 bits per heavy atom. The van der Waals surface area contributed by atoms with E-state index in [2.05, 4.69) is 76.2 Å². The van der Waals surface area contributed by atoms with E-state index in [1.807, 2.05) is 18.8 Å². The van der Waals surface area contributed by atoms with Crippen LogP contribution in [0.25, 0.3) is 0 Å². The maximum Gasteiger partial charge on any atom is 0.171 e. The lowest BCUT2D eigenvalue weighted by Gasteiger charge is -2.33. The quantitative estimate of drug-likeness (QED) is 0.490. The molecule has 1 aliphatic rings. The van der Waals surface area contributed by atoms with Crippen LogP contribution in [-0.4, -0.2) is 18.8 Å². The summed E-state index contributed by atoms with van der Waals surface area (Å²) < 4.78 is 16.3. The predicted octanol–water partition coefficient (Wildman–Crippen LogP) is 6.11. The van der Waals surface area contributed by atoms with Crippen LogP contribution in [0.1, 0.15) is 44.7 Å². The summed E-state index contributed by atoms with van der Waals surface area (Å²) in [5.74, 6) is 0. The summed E-state index contributed by atoms with van der Waals surface area (Å²) >= 11 is 0. The topological polar surface area (TPSA) is 20.3 Å². The average Bonchev–Trinajstić information content (AvgIpc) is 2.84. The van der Waals surface area contributed by atoms with Crippen LogP contribution in [0, 0.1) is 27.7 Å². The van der Waals surface area contributed by atoms with E-state index < -0.39 is 7.29 Å². The fourth-order valence-corrected chi connectivity index (χ4v) is 7.32. The standard InChI is InChI=1S/C22H28NOP/c1-15-9-16(2)12-19(11-15)21-7-8-22(25(21,24)23(5)6)20-13-17(3)10-18(4)14-20/h7-14,21-22H,1-6H3/t21-,22+,25-. The average molecular weight is 353 g/mol. The maximum atomic E-state index is 14.3. The first kappa shape index (κ1) is 18.2. The van der Waals surface area contributed by atoms with Crippen molar-refractivity contribution < 1.29 is 4.57 Å². The molecule has 0 amide bonds. The fraction of sp³-hybridized carbons (Fsp3) is 0.364. The normalized spacial score (nSPS) is 25.7. The second-order valence-corrected chi connectivity index (χ2v) is 10.9. The summed E-state index contributed by atoms with van der Waals surface area (Å²) in [5.41, 5.74) is 7.13. The summed E-state index contributed by atoms with van der Waals surface area (Å²) in [5, 5.41) is 0. The van der Waals surface area contributed by atoms with Crippen molar-refractivity contribution in [2.75, 3.05) is 14.1 Å². The lowest BCUT2D eigenvalue weighted by molar-refractivity contribution is 0.505. The summed E-state index contributed by atoms with van der Waals surface area (Å²) in [4.78, 5) is 0. The molecule has 3 atom stereocenters. The number of aryl methyl sites for hydroxylation is 4. The van der Waals surface area contributed by atoms with Crippen molar-refractivity contribution in [3.05, 3.63) is 81.9 Å². The monoisotopic (exact) mass is 353 g/mol. The minimum atomic E-state index is -2.66. The highest BCUT2D eigenvalue weighted by atomic mass is 31.2. The predicted molar refractivity (Wildman–Crippen MR) is 108 cm³/mol. The Hall–Kier alpha value is -1.63. The molecule has 0 unspecified atom stereocenters. The van der Waals surface area contributed by atoms with Crippen molar-refractivity contribution in [1.82, 2.24) is 4.67 Å². The van der Waals surface area contributed by atoms with Gasteiger partial charge < -0.3 is 4.57 Å². The van der Waals surface area contributed by atoms with Crippen molar-refractivity contribution in [3.8, 4) is 0 Å². The van der Waals surface area contributed by atoms with Gasteiger partial charge in [-0.15, -0.1) is 0 Å². The molecule has 0 N–H and O–H groups in total. The van der Waals surface area contributed by atoms with E-state index >= 15 is 0 Å². The Balaban J connectivity index is 2.12. The van der Waals surface area contributed by atoms with Crippen molar-refractivity contribution in [1.29, 1.82) is 0 Å². The van der Waals surface area contributed by atoms with Crippen LogP contribution >= 0.6 is 7.29 Å². The van der Waals surface area contributed by atoms with E-state index in [0.29, 0.717) is 0 Å². The highest BCUT2D eigenvalue weighted by Gasteiger charge is 2.46. The van der Waals surface area contributed by atoms with E-state index in [9.17, 15) is 4.57 Å². The summed E-state index contributed by atoms with van der Waals surface area (Å²) in [6.45, 7) is 8.43. The van der Waals surface area contributed by atoms with Gasteiger partial charge in [-0.05, 0) is 52.9 Å². The summed E-state index contributed by atoms with van der Waals surface area (Å²) in [6.07, 6.45) is 4.33. The van der Waals surface area contributed by atoms with E-state index in [4.69, 9.17) is 0 Å². The Morgan fingerprint density at radius 1 is 0.680 bits per heavy atom. The van der Waals surface area contributed by atoms with Crippen LogP contribution in [-0.2, 0) is 4.57 Å². The van der Waals surface area contributed by atoms with Gasteiger partial charge in [-0.2, -0.15) is 0 Å².